The summed E-state index contributed by atoms with van der Waals surface area (Å²) in [5.41, 5.74) is -3.74. The minimum Gasteiger partial charge on any atom is -0.382 e. The van der Waals surface area contributed by atoms with Gasteiger partial charge in [0.15, 0.2) is 0 Å². The minimum atomic E-state index is -4.82. The van der Waals surface area contributed by atoms with Crippen LogP contribution in [0.5, 0.6) is 0 Å². The molecule has 3 aliphatic rings. The first kappa shape index (κ1) is 23.4. The van der Waals surface area contributed by atoms with Crippen LogP contribution in [0.4, 0.5) is 18.9 Å². The third kappa shape index (κ3) is 3.29. The average molecular weight is 464 g/mol. The first-order chi connectivity index (χ1) is 15.4. The molecule has 33 heavy (non-hydrogen) atoms. The number of benzene rings is 1. The van der Waals surface area contributed by atoms with Crippen molar-refractivity contribution in [2.24, 2.45) is 11.8 Å². The van der Waals surface area contributed by atoms with Gasteiger partial charge in [-0.1, -0.05) is 0 Å². The standard InChI is InChI=1S/C23H23F3N2O5/c1-12-15(6-5-13(10-27)16(12)23(24,25)26)28-19(29)17-18(20(28)30)22(3)14(9-21(17,2)33-22)11-32-8-7-31-4/h5-6,9,17-18H,7-8,11H2,1-4H3/t17-,18+,21-,22+/m0/s1. The maximum atomic E-state index is 13.7. The Hall–Kier alpha value is -2.74. The summed E-state index contributed by atoms with van der Waals surface area (Å²) in [4.78, 5) is 27.7. The number of methoxy groups -OCH3 is 1. The van der Waals surface area contributed by atoms with Gasteiger partial charge in [-0.3, -0.25) is 9.59 Å². The Labute approximate surface area is 188 Å². The SMILES string of the molecule is COCCOCC1=C[C@]2(C)O[C@@]1(C)[C@H]1C(=O)N(c3ccc(C#N)c(C(F)(F)F)c3C)C(=O)[C@H]12. The molecule has 1 aromatic carbocycles. The Morgan fingerprint density at radius 1 is 1.18 bits per heavy atom. The molecule has 0 aromatic heterocycles. The molecule has 0 radical (unpaired) electrons. The number of ether oxygens (including phenoxy) is 3. The van der Waals surface area contributed by atoms with Gasteiger partial charge in [-0.25, -0.2) is 4.90 Å². The molecule has 0 aliphatic carbocycles. The molecule has 3 aliphatic heterocycles. The number of nitriles is 1. The van der Waals surface area contributed by atoms with E-state index in [0.717, 1.165) is 17.9 Å². The van der Waals surface area contributed by atoms with E-state index in [0.29, 0.717) is 18.8 Å². The van der Waals surface area contributed by atoms with Crippen LogP contribution >= 0.6 is 0 Å². The van der Waals surface area contributed by atoms with E-state index in [-0.39, 0.29) is 17.9 Å². The van der Waals surface area contributed by atoms with Gasteiger partial charge in [0.25, 0.3) is 0 Å². The molecule has 3 heterocycles. The molecule has 4 rings (SSSR count). The van der Waals surface area contributed by atoms with Gasteiger partial charge < -0.3 is 14.2 Å². The smallest absolute Gasteiger partial charge is 0.382 e. The second-order valence-electron chi connectivity index (χ2n) is 8.82. The van der Waals surface area contributed by atoms with E-state index in [1.807, 2.05) is 0 Å². The zero-order chi connectivity index (χ0) is 24.3. The van der Waals surface area contributed by atoms with Crippen LogP contribution in [0.15, 0.2) is 23.8 Å². The van der Waals surface area contributed by atoms with Crippen molar-refractivity contribution in [2.45, 2.75) is 38.1 Å². The molecular formula is C23H23F3N2O5. The molecular weight excluding hydrogens is 441 g/mol. The van der Waals surface area contributed by atoms with E-state index in [9.17, 15) is 22.8 Å². The van der Waals surface area contributed by atoms with Gasteiger partial charge in [0, 0.05) is 7.11 Å². The summed E-state index contributed by atoms with van der Waals surface area (Å²) in [5.74, 6) is -3.01. The van der Waals surface area contributed by atoms with Gasteiger partial charge in [-0.2, -0.15) is 18.4 Å². The maximum absolute atomic E-state index is 13.7. The lowest BCUT2D eigenvalue weighted by molar-refractivity contribution is -0.138. The van der Waals surface area contributed by atoms with Crippen LogP contribution in [0, 0.1) is 30.1 Å². The summed E-state index contributed by atoms with van der Waals surface area (Å²) in [5, 5.41) is 9.14. The predicted molar refractivity (Wildman–Crippen MR) is 109 cm³/mol. The normalized spacial score (nSPS) is 30.6. The number of halogens is 3. The molecule has 1 aromatic rings. The van der Waals surface area contributed by atoms with Crippen LogP contribution in [0.1, 0.15) is 30.5 Å². The first-order valence-electron chi connectivity index (χ1n) is 10.4. The molecule has 7 nitrogen and oxygen atoms in total. The fraction of sp³-hybridized carbons (Fsp3) is 0.522. The molecule has 0 spiro atoms. The number of carbonyl (C=O) groups excluding carboxylic acids is 2. The highest BCUT2D eigenvalue weighted by Crippen LogP contribution is 2.60. The highest BCUT2D eigenvalue weighted by molar-refractivity contribution is 6.24. The lowest BCUT2D eigenvalue weighted by atomic mass is 9.69. The Kier molecular flexibility index (Phi) is 5.43. The number of alkyl halides is 3. The molecule has 0 unspecified atom stereocenters. The van der Waals surface area contributed by atoms with Crippen molar-refractivity contribution in [3.63, 3.8) is 0 Å². The van der Waals surface area contributed by atoms with Gasteiger partial charge in [0.05, 0.1) is 60.1 Å². The Bertz CT molecular complexity index is 1110. The molecule has 0 saturated carbocycles. The fourth-order valence-electron chi connectivity index (χ4n) is 5.41. The third-order valence-corrected chi connectivity index (χ3v) is 6.82. The van der Waals surface area contributed by atoms with Gasteiger partial charge in [0.1, 0.15) is 5.60 Å². The van der Waals surface area contributed by atoms with Crippen molar-refractivity contribution in [3.05, 3.63) is 40.5 Å². The monoisotopic (exact) mass is 464 g/mol. The van der Waals surface area contributed by atoms with Crippen molar-refractivity contribution in [3.8, 4) is 6.07 Å². The van der Waals surface area contributed by atoms with Crippen molar-refractivity contribution in [1.82, 2.24) is 0 Å². The number of imide groups is 1. The molecule has 10 heteroatoms. The van der Waals surface area contributed by atoms with Gasteiger partial charge in [-0.15, -0.1) is 0 Å². The van der Waals surface area contributed by atoms with Gasteiger partial charge >= 0.3 is 6.18 Å². The molecule has 2 bridgehead atoms. The van der Waals surface area contributed by atoms with Crippen LogP contribution in [0.2, 0.25) is 0 Å². The van der Waals surface area contributed by atoms with Crippen molar-refractivity contribution in [1.29, 1.82) is 5.26 Å². The topological polar surface area (TPSA) is 88.9 Å². The molecule has 4 atom stereocenters. The summed E-state index contributed by atoms with van der Waals surface area (Å²) in [6, 6.07) is 3.74. The Balaban J connectivity index is 1.72. The quantitative estimate of drug-likeness (QED) is 0.365. The lowest BCUT2D eigenvalue weighted by Gasteiger charge is -2.30. The predicted octanol–water partition coefficient (Wildman–Crippen LogP) is 3.14. The number of nitrogens with zero attached hydrogens (tertiary/aromatic N) is 2. The van der Waals surface area contributed by atoms with Crippen LogP contribution in [0.3, 0.4) is 0 Å². The Morgan fingerprint density at radius 2 is 1.85 bits per heavy atom. The molecule has 2 amide bonds. The van der Waals surface area contributed by atoms with E-state index in [4.69, 9.17) is 19.5 Å². The van der Waals surface area contributed by atoms with Crippen LogP contribution in [-0.2, 0) is 30.0 Å². The fourth-order valence-corrected chi connectivity index (χ4v) is 5.41. The van der Waals surface area contributed by atoms with Crippen molar-refractivity contribution < 1.29 is 37.0 Å². The summed E-state index contributed by atoms with van der Waals surface area (Å²) >= 11 is 0. The molecule has 2 saturated heterocycles. The van der Waals surface area contributed by atoms with Crippen LogP contribution in [0.25, 0.3) is 0 Å². The zero-order valence-electron chi connectivity index (χ0n) is 18.6. The first-order valence-corrected chi connectivity index (χ1v) is 10.4. The molecule has 0 N–H and O–H groups in total. The summed E-state index contributed by atoms with van der Waals surface area (Å²) < 4.78 is 57.8. The zero-order valence-corrected chi connectivity index (χ0v) is 18.6. The minimum absolute atomic E-state index is 0.171. The number of rotatable bonds is 6. The van der Waals surface area contributed by atoms with E-state index in [1.165, 1.54) is 12.1 Å². The van der Waals surface area contributed by atoms with E-state index >= 15 is 0 Å². The molecule has 2 fully saturated rings. The van der Waals surface area contributed by atoms with Crippen molar-refractivity contribution in [2.75, 3.05) is 31.8 Å². The number of hydrogen-bond donors (Lipinski definition) is 0. The third-order valence-electron chi connectivity index (χ3n) is 6.82. The van der Waals surface area contributed by atoms with Gasteiger partial charge in [-0.05, 0) is 50.1 Å². The summed E-state index contributed by atoms with van der Waals surface area (Å²) in [6.07, 6.45) is -3.04. The van der Waals surface area contributed by atoms with E-state index < -0.39 is 52.2 Å². The van der Waals surface area contributed by atoms with Gasteiger partial charge in [0.2, 0.25) is 11.8 Å². The highest BCUT2D eigenvalue weighted by Gasteiger charge is 2.73. The molecule has 176 valence electrons. The second-order valence-corrected chi connectivity index (χ2v) is 8.82. The number of fused-ring (bicyclic) bond motifs is 5. The van der Waals surface area contributed by atoms with E-state index in [1.54, 1.807) is 27.0 Å². The number of hydrogen-bond acceptors (Lipinski definition) is 6. The van der Waals surface area contributed by atoms with Crippen molar-refractivity contribution >= 4 is 17.5 Å². The number of carbonyl (C=O) groups is 2. The summed E-state index contributed by atoms with van der Waals surface area (Å²) in [7, 11) is 1.54. The number of anilines is 1. The summed E-state index contributed by atoms with van der Waals surface area (Å²) in [6.45, 7) is 5.45. The largest absolute Gasteiger partial charge is 0.418 e. The van der Waals surface area contributed by atoms with E-state index in [2.05, 4.69) is 0 Å². The highest BCUT2D eigenvalue weighted by atomic mass is 19.4. The lowest BCUT2D eigenvalue weighted by Crippen LogP contribution is -2.42. The Morgan fingerprint density at radius 3 is 2.45 bits per heavy atom. The van der Waals surface area contributed by atoms with Crippen LogP contribution < -0.4 is 4.90 Å². The average Bonchev–Trinajstić information content (AvgIpc) is 3.25. The second kappa shape index (κ2) is 7.65. The maximum Gasteiger partial charge on any atom is 0.418 e. The number of amides is 2. The van der Waals surface area contributed by atoms with Crippen LogP contribution in [-0.4, -0.2) is 49.9 Å².